The summed E-state index contributed by atoms with van der Waals surface area (Å²) in [6.07, 6.45) is -1.67. The van der Waals surface area contributed by atoms with Crippen molar-refractivity contribution < 1.29 is 72.3 Å². The van der Waals surface area contributed by atoms with Gasteiger partial charge >= 0.3 is 18.0 Å². The molecule has 0 aliphatic carbocycles. The predicted octanol–water partition coefficient (Wildman–Crippen LogP) is 0.749. The van der Waals surface area contributed by atoms with Gasteiger partial charge in [0, 0.05) is 45.1 Å². The third kappa shape index (κ3) is 26.9. The van der Waals surface area contributed by atoms with Gasteiger partial charge in [0.15, 0.2) is 6.10 Å². The number of carbonyl (C=O) groups is 9. The average Bonchev–Trinajstić information content (AvgIpc) is 3.22. The fourth-order valence-corrected chi connectivity index (χ4v) is 4.79. The van der Waals surface area contributed by atoms with Crippen molar-refractivity contribution in [3.05, 3.63) is 23.8 Å². The van der Waals surface area contributed by atoms with Crippen LogP contribution in [0.4, 0.5) is 10.5 Å². The molecule has 1 aromatic rings. The van der Waals surface area contributed by atoms with Crippen LogP contribution in [0.25, 0.3) is 0 Å². The molecule has 7 amide bonds. The molecule has 4 unspecified atom stereocenters. The zero-order chi connectivity index (χ0) is 48.1. The highest BCUT2D eigenvalue weighted by Crippen LogP contribution is 2.31. The molecule has 356 valence electrons. The van der Waals surface area contributed by atoms with Crippen LogP contribution in [-0.2, 0) is 59.2 Å². The summed E-state index contributed by atoms with van der Waals surface area (Å²) in [4.78, 5) is 105. The molecule has 0 bridgehead atoms. The van der Waals surface area contributed by atoms with E-state index in [9.17, 15) is 53.4 Å². The predicted molar refractivity (Wildman–Crippen MR) is 227 cm³/mol. The molecule has 0 spiro atoms. The van der Waals surface area contributed by atoms with E-state index in [0.29, 0.717) is 24.9 Å². The number of hydrogen-bond acceptors (Lipinski definition) is 14. The molecule has 11 N–H and O–H groups in total. The first-order valence-electron chi connectivity index (χ1n) is 20.7. The zero-order valence-corrected chi connectivity index (χ0v) is 37.2. The standard InChI is InChI=1S/C34H50N4O13.C4H10N2O.C3H7NO/c1-6-22(39)9-11-48-12-10-27(41)35-16-29(43)38-31(19(2)3)32(44)36-17-28(42)37-24-8-7-21(18-49-34(47)20(4)5)13-25(24)50-30-15-23(40)14-26(51-30)33(45)46;1-2-3-6-4(5)7;1-2-3(4)5/h7-8,13,19-20,23,26,30-31,40H,6,9-12,14-18H2,1-5H3,(H,35,41)(H,36,44)(H,37,42)(H,38,43)(H,45,46);2-3H2,1H3,(H3,5,6,7);2H2,1H3,(H2,4,5). The molecule has 1 aliphatic heterocycles. The monoisotopic (exact) mass is 897 g/mol. The molecule has 2 rings (SSSR count). The van der Waals surface area contributed by atoms with Crippen LogP contribution in [-0.4, -0.2) is 121 Å². The number of primary amides is 2. The number of ether oxygens (including phenoxy) is 4. The number of aliphatic hydroxyl groups excluding tert-OH is 1. The Balaban J connectivity index is 0.00000280. The molecular formula is C41H67N7O15. The first-order chi connectivity index (χ1) is 29.6. The number of Topliss-reactive ketones (excluding diaryl/α,β-unsaturated/α-hetero) is 1. The van der Waals surface area contributed by atoms with E-state index in [2.05, 4.69) is 32.3 Å². The van der Waals surface area contributed by atoms with E-state index in [1.807, 2.05) is 6.92 Å². The minimum Gasteiger partial charge on any atom is -0.479 e. The lowest BCUT2D eigenvalue weighted by Crippen LogP contribution is -2.52. The van der Waals surface area contributed by atoms with Crippen molar-refractivity contribution in [1.29, 1.82) is 0 Å². The normalized spacial score (nSPS) is 15.7. The van der Waals surface area contributed by atoms with Crippen LogP contribution in [0.3, 0.4) is 0 Å². The van der Waals surface area contributed by atoms with Crippen molar-refractivity contribution >= 4 is 59.0 Å². The average molecular weight is 898 g/mol. The summed E-state index contributed by atoms with van der Waals surface area (Å²) in [6.45, 7) is 12.1. The van der Waals surface area contributed by atoms with Crippen molar-refractivity contribution in [1.82, 2.24) is 21.3 Å². The number of hydrogen-bond donors (Lipinski definition) is 9. The molecule has 1 aromatic carbocycles. The van der Waals surface area contributed by atoms with Gasteiger partial charge < -0.3 is 67.2 Å². The number of carbonyl (C=O) groups excluding carboxylic acids is 8. The van der Waals surface area contributed by atoms with Crippen molar-refractivity contribution in [2.45, 2.75) is 125 Å². The SMILES string of the molecule is CCC(=O)CCOCCC(=O)NCC(=O)NC(C(=O)NCC(=O)Nc1ccc(COC(=O)C(C)C)cc1OC1CC(O)CC(C(=O)O)O1)C(C)C.CCC(N)=O.CCCNC(N)=O. The number of carboxylic acid groups (broad SMARTS) is 1. The summed E-state index contributed by atoms with van der Waals surface area (Å²) in [5.74, 6) is -5.03. The first kappa shape index (κ1) is 57.1. The van der Waals surface area contributed by atoms with Gasteiger partial charge in [-0.2, -0.15) is 0 Å². The summed E-state index contributed by atoms with van der Waals surface area (Å²) in [5, 5.41) is 32.0. The van der Waals surface area contributed by atoms with Crippen LogP contribution >= 0.6 is 0 Å². The smallest absolute Gasteiger partial charge is 0.333 e. The van der Waals surface area contributed by atoms with Crippen LogP contribution in [0.2, 0.25) is 0 Å². The molecular weight excluding hydrogens is 830 g/mol. The van der Waals surface area contributed by atoms with Crippen LogP contribution < -0.4 is 42.8 Å². The molecule has 1 aliphatic rings. The Morgan fingerprint density at radius 3 is 2.02 bits per heavy atom. The number of carboxylic acids is 1. The number of ketones is 1. The highest BCUT2D eigenvalue weighted by molar-refractivity contribution is 5.97. The lowest BCUT2D eigenvalue weighted by molar-refractivity contribution is -0.195. The minimum absolute atomic E-state index is 0.0175. The molecule has 63 heavy (non-hydrogen) atoms. The third-order valence-electron chi connectivity index (χ3n) is 8.40. The first-order valence-corrected chi connectivity index (χ1v) is 20.7. The topological polar surface area (TPSA) is 343 Å². The van der Waals surface area contributed by atoms with Crippen molar-refractivity contribution in [2.24, 2.45) is 23.3 Å². The van der Waals surface area contributed by atoms with Crippen LogP contribution in [0.15, 0.2) is 18.2 Å². The Labute approximate surface area is 367 Å². The van der Waals surface area contributed by atoms with E-state index < -0.39 is 79.2 Å². The van der Waals surface area contributed by atoms with E-state index >= 15 is 0 Å². The number of aliphatic hydroxyl groups is 1. The highest BCUT2D eigenvalue weighted by atomic mass is 16.7. The van der Waals surface area contributed by atoms with Crippen molar-refractivity contribution in [2.75, 3.05) is 38.2 Å². The van der Waals surface area contributed by atoms with E-state index in [0.717, 1.165) is 6.42 Å². The molecule has 4 atom stereocenters. The van der Waals surface area contributed by atoms with Gasteiger partial charge in [0.25, 0.3) is 0 Å². The van der Waals surface area contributed by atoms with Crippen molar-refractivity contribution in [3.8, 4) is 5.75 Å². The Morgan fingerprint density at radius 2 is 1.48 bits per heavy atom. The summed E-state index contributed by atoms with van der Waals surface area (Å²) >= 11 is 0. The number of esters is 1. The Hall–Kier alpha value is -5.87. The molecule has 0 aromatic heterocycles. The van der Waals surface area contributed by atoms with Gasteiger partial charge in [-0.05, 0) is 30.0 Å². The molecule has 22 nitrogen and oxygen atoms in total. The number of nitrogens with one attached hydrogen (secondary N) is 5. The van der Waals surface area contributed by atoms with Gasteiger partial charge in [-0.1, -0.05) is 54.5 Å². The maximum Gasteiger partial charge on any atom is 0.333 e. The molecule has 1 saturated heterocycles. The lowest BCUT2D eigenvalue weighted by atomic mass is 10.0. The van der Waals surface area contributed by atoms with Gasteiger partial charge in [-0.3, -0.25) is 33.6 Å². The minimum atomic E-state index is -1.32. The fourth-order valence-electron chi connectivity index (χ4n) is 4.79. The second-order valence-electron chi connectivity index (χ2n) is 14.7. The number of urea groups is 1. The van der Waals surface area contributed by atoms with Crippen molar-refractivity contribution in [3.63, 3.8) is 0 Å². The Kier molecular flexibility index (Phi) is 28.9. The molecule has 1 fully saturated rings. The van der Waals surface area contributed by atoms with E-state index in [1.54, 1.807) is 47.6 Å². The van der Waals surface area contributed by atoms with Gasteiger partial charge in [-0.25, -0.2) is 9.59 Å². The summed E-state index contributed by atoms with van der Waals surface area (Å²) in [7, 11) is 0. The Bertz CT molecular complexity index is 1660. The second kappa shape index (κ2) is 31.9. The molecule has 22 heteroatoms. The quantitative estimate of drug-likeness (QED) is 0.0511. The number of aliphatic carboxylic acids is 1. The van der Waals surface area contributed by atoms with Crippen LogP contribution in [0.1, 0.15) is 99.0 Å². The maximum atomic E-state index is 13.0. The van der Waals surface area contributed by atoms with Gasteiger partial charge in [0.1, 0.15) is 24.2 Å². The fraction of sp³-hybridized carbons (Fsp3) is 0.634. The Morgan fingerprint density at radius 1 is 0.841 bits per heavy atom. The number of amides is 7. The third-order valence-corrected chi connectivity index (χ3v) is 8.40. The number of anilines is 1. The van der Waals surface area contributed by atoms with E-state index in [4.69, 9.17) is 24.7 Å². The summed E-state index contributed by atoms with van der Waals surface area (Å²) in [5.41, 5.74) is 9.98. The molecule has 1 heterocycles. The largest absolute Gasteiger partial charge is 0.479 e. The zero-order valence-electron chi connectivity index (χ0n) is 37.2. The van der Waals surface area contributed by atoms with Gasteiger partial charge in [-0.15, -0.1) is 0 Å². The van der Waals surface area contributed by atoms with Crippen LogP contribution in [0.5, 0.6) is 5.75 Å². The highest BCUT2D eigenvalue weighted by Gasteiger charge is 2.34. The van der Waals surface area contributed by atoms with Gasteiger partial charge in [0.05, 0.1) is 44.0 Å². The molecule has 0 saturated carbocycles. The number of rotatable bonds is 24. The molecule has 0 radical (unpaired) electrons. The lowest BCUT2D eigenvalue weighted by Gasteiger charge is -2.31. The van der Waals surface area contributed by atoms with Crippen LogP contribution in [0, 0.1) is 11.8 Å². The maximum absolute atomic E-state index is 13.0. The van der Waals surface area contributed by atoms with Gasteiger partial charge in [0.2, 0.25) is 35.8 Å². The van der Waals surface area contributed by atoms with E-state index in [1.165, 1.54) is 12.1 Å². The summed E-state index contributed by atoms with van der Waals surface area (Å²) in [6, 6.07) is 3.02. The second-order valence-corrected chi connectivity index (χ2v) is 14.7. The summed E-state index contributed by atoms with van der Waals surface area (Å²) < 4.78 is 21.9. The van der Waals surface area contributed by atoms with E-state index in [-0.39, 0.29) is 80.5 Å². The number of nitrogens with two attached hydrogens (primary N) is 2. The number of benzene rings is 1.